The highest BCUT2D eigenvalue weighted by Crippen LogP contribution is 2.29. The van der Waals surface area contributed by atoms with E-state index in [1.54, 1.807) is 48.4 Å². The molecular formula is C24H23FN2O3S. The average Bonchev–Trinajstić information content (AvgIpc) is 3.20. The lowest BCUT2D eigenvalue weighted by Gasteiger charge is -2.20. The number of hydrogen-bond acceptors (Lipinski definition) is 5. The molecule has 0 radical (unpaired) electrons. The van der Waals surface area contributed by atoms with E-state index in [1.165, 1.54) is 29.5 Å². The summed E-state index contributed by atoms with van der Waals surface area (Å²) >= 11 is 1.52. The number of ether oxygens (including phenoxy) is 2. The van der Waals surface area contributed by atoms with Gasteiger partial charge in [-0.3, -0.25) is 4.79 Å². The van der Waals surface area contributed by atoms with Crippen LogP contribution >= 0.6 is 11.3 Å². The molecule has 1 amide bonds. The molecule has 1 heterocycles. The second kappa shape index (κ2) is 10.5. The second-order valence-electron chi connectivity index (χ2n) is 6.60. The Bertz CT molecular complexity index is 1080. The summed E-state index contributed by atoms with van der Waals surface area (Å²) in [6.07, 6.45) is 4.83. The van der Waals surface area contributed by atoms with Gasteiger partial charge in [0.2, 0.25) is 0 Å². The molecule has 3 rings (SSSR count). The van der Waals surface area contributed by atoms with E-state index in [1.807, 2.05) is 18.4 Å². The van der Waals surface area contributed by atoms with Gasteiger partial charge in [-0.15, -0.1) is 11.3 Å². The van der Waals surface area contributed by atoms with E-state index in [-0.39, 0.29) is 18.3 Å². The molecule has 7 heteroatoms. The zero-order valence-electron chi connectivity index (χ0n) is 17.4. The Morgan fingerprint density at radius 1 is 1.23 bits per heavy atom. The SMILES string of the molecule is C=CCOc1ccc(/C=C/C(=O)N(Cc2csc(C)n2)c2ccc(F)cc2)cc1OC. The Labute approximate surface area is 185 Å². The van der Waals surface area contributed by atoms with Gasteiger partial charge in [0.15, 0.2) is 11.5 Å². The third-order valence-corrected chi connectivity index (χ3v) is 5.18. The predicted molar refractivity (Wildman–Crippen MR) is 122 cm³/mol. The van der Waals surface area contributed by atoms with Crippen LogP contribution < -0.4 is 14.4 Å². The van der Waals surface area contributed by atoms with Crippen molar-refractivity contribution in [2.75, 3.05) is 18.6 Å². The minimum atomic E-state index is -0.359. The van der Waals surface area contributed by atoms with Crippen molar-refractivity contribution in [2.24, 2.45) is 0 Å². The van der Waals surface area contributed by atoms with Gasteiger partial charge in [0, 0.05) is 17.1 Å². The van der Waals surface area contributed by atoms with Crippen molar-refractivity contribution in [3.63, 3.8) is 0 Å². The van der Waals surface area contributed by atoms with Crippen LogP contribution in [0.2, 0.25) is 0 Å². The summed E-state index contributed by atoms with van der Waals surface area (Å²) in [5.74, 6) is 0.549. The maximum atomic E-state index is 13.4. The van der Waals surface area contributed by atoms with Crippen LogP contribution in [0.3, 0.4) is 0 Å². The van der Waals surface area contributed by atoms with Crippen LogP contribution in [-0.2, 0) is 11.3 Å². The van der Waals surface area contributed by atoms with Gasteiger partial charge in [-0.05, 0) is 55.0 Å². The molecule has 0 spiro atoms. The molecule has 0 aliphatic rings. The van der Waals surface area contributed by atoms with Gasteiger partial charge in [0.1, 0.15) is 12.4 Å². The number of hydrogen-bond donors (Lipinski definition) is 0. The van der Waals surface area contributed by atoms with Crippen molar-refractivity contribution >= 4 is 29.0 Å². The van der Waals surface area contributed by atoms with E-state index < -0.39 is 0 Å². The third kappa shape index (κ3) is 6.02. The number of carbonyl (C=O) groups is 1. The minimum Gasteiger partial charge on any atom is -0.493 e. The molecule has 0 N–H and O–H groups in total. The molecular weight excluding hydrogens is 415 g/mol. The molecule has 160 valence electrons. The zero-order chi connectivity index (χ0) is 22.2. The second-order valence-corrected chi connectivity index (χ2v) is 7.66. The first-order chi connectivity index (χ1) is 15.0. The normalized spacial score (nSPS) is 10.8. The van der Waals surface area contributed by atoms with E-state index in [9.17, 15) is 9.18 Å². The van der Waals surface area contributed by atoms with Gasteiger partial charge in [0.25, 0.3) is 5.91 Å². The fourth-order valence-corrected chi connectivity index (χ4v) is 3.48. The van der Waals surface area contributed by atoms with Gasteiger partial charge >= 0.3 is 0 Å². The number of anilines is 1. The van der Waals surface area contributed by atoms with Gasteiger partial charge < -0.3 is 14.4 Å². The van der Waals surface area contributed by atoms with Gasteiger partial charge in [-0.1, -0.05) is 18.7 Å². The lowest BCUT2D eigenvalue weighted by molar-refractivity contribution is -0.114. The Kier molecular flexibility index (Phi) is 7.56. The summed E-state index contributed by atoms with van der Waals surface area (Å²) in [6.45, 7) is 6.20. The summed E-state index contributed by atoms with van der Waals surface area (Å²) < 4.78 is 24.3. The molecule has 2 aromatic carbocycles. The third-order valence-electron chi connectivity index (χ3n) is 4.35. The number of thiazole rings is 1. The zero-order valence-corrected chi connectivity index (χ0v) is 18.2. The minimum absolute atomic E-state index is 0.247. The highest BCUT2D eigenvalue weighted by molar-refractivity contribution is 7.09. The molecule has 0 saturated carbocycles. The van der Waals surface area contributed by atoms with Crippen LogP contribution in [0.15, 0.2) is 66.6 Å². The number of carbonyl (C=O) groups excluding carboxylic acids is 1. The summed E-state index contributed by atoms with van der Waals surface area (Å²) in [5.41, 5.74) is 2.14. The maximum Gasteiger partial charge on any atom is 0.251 e. The lowest BCUT2D eigenvalue weighted by atomic mass is 10.1. The number of amides is 1. The Morgan fingerprint density at radius 2 is 2.00 bits per heavy atom. The summed E-state index contributed by atoms with van der Waals surface area (Å²) in [7, 11) is 1.56. The van der Waals surface area contributed by atoms with Crippen molar-refractivity contribution < 1.29 is 18.7 Å². The first-order valence-electron chi connectivity index (χ1n) is 9.58. The molecule has 0 fully saturated rings. The fourth-order valence-electron chi connectivity index (χ4n) is 2.87. The van der Waals surface area contributed by atoms with E-state index in [2.05, 4.69) is 11.6 Å². The molecule has 31 heavy (non-hydrogen) atoms. The fraction of sp³-hybridized carbons (Fsp3) is 0.167. The molecule has 0 unspecified atom stereocenters. The van der Waals surface area contributed by atoms with Crippen LogP contribution in [0, 0.1) is 12.7 Å². The Morgan fingerprint density at radius 3 is 2.65 bits per heavy atom. The molecule has 1 aromatic heterocycles. The average molecular weight is 439 g/mol. The standard InChI is InChI=1S/C24H23FN2O3S/c1-4-13-30-22-11-5-18(14-23(22)29-3)6-12-24(28)27(15-20-16-31-17(2)26-20)21-9-7-19(25)8-10-21/h4-12,14,16H,1,13,15H2,2-3H3/b12-6+. The molecule has 0 saturated heterocycles. The van der Waals surface area contributed by atoms with Crippen LogP contribution in [0.5, 0.6) is 11.5 Å². The first-order valence-corrected chi connectivity index (χ1v) is 10.5. The van der Waals surface area contributed by atoms with Crippen molar-refractivity contribution in [2.45, 2.75) is 13.5 Å². The number of aromatic nitrogens is 1. The Balaban J connectivity index is 1.83. The van der Waals surface area contributed by atoms with E-state index in [0.717, 1.165) is 16.3 Å². The molecule has 3 aromatic rings. The van der Waals surface area contributed by atoms with Crippen molar-refractivity contribution in [3.05, 3.63) is 88.7 Å². The first kappa shape index (κ1) is 22.2. The van der Waals surface area contributed by atoms with Gasteiger partial charge in [0.05, 0.1) is 24.4 Å². The van der Waals surface area contributed by atoms with Crippen LogP contribution in [-0.4, -0.2) is 24.6 Å². The Hall–Kier alpha value is -3.45. The predicted octanol–water partition coefficient (Wildman–Crippen LogP) is 5.41. The maximum absolute atomic E-state index is 13.4. The number of methoxy groups -OCH3 is 1. The smallest absolute Gasteiger partial charge is 0.251 e. The number of rotatable bonds is 9. The monoisotopic (exact) mass is 438 g/mol. The molecule has 5 nitrogen and oxygen atoms in total. The topological polar surface area (TPSA) is 51.7 Å². The van der Waals surface area contributed by atoms with Crippen LogP contribution in [0.25, 0.3) is 6.08 Å². The lowest BCUT2D eigenvalue weighted by Crippen LogP contribution is -2.28. The summed E-state index contributed by atoms with van der Waals surface area (Å²) in [5, 5.41) is 2.83. The van der Waals surface area contributed by atoms with Crippen LogP contribution in [0.1, 0.15) is 16.3 Å². The van der Waals surface area contributed by atoms with E-state index >= 15 is 0 Å². The van der Waals surface area contributed by atoms with Crippen LogP contribution in [0.4, 0.5) is 10.1 Å². The molecule has 0 bridgehead atoms. The highest BCUT2D eigenvalue weighted by atomic mass is 32.1. The highest BCUT2D eigenvalue weighted by Gasteiger charge is 2.16. The van der Waals surface area contributed by atoms with Gasteiger partial charge in [-0.2, -0.15) is 0 Å². The van der Waals surface area contributed by atoms with E-state index in [0.29, 0.717) is 23.8 Å². The summed E-state index contributed by atoms with van der Waals surface area (Å²) in [6, 6.07) is 11.2. The molecule has 0 aliphatic heterocycles. The van der Waals surface area contributed by atoms with Crippen molar-refractivity contribution in [3.8, 4) is 11.5 Å². The van der Waals surface area contributed by atoms with Gasteiger partial charge in [-0.25, -0.2) is 9.37 Å². The molecule has 0 aliphatic carbocycles. The van der Waals surface area contributed by atoms with Crippen molar-refractivity contribution in [1.29, 1.82) is 0 Å². The number of benzene rings is 2. The summed E-state index contributed by atoms with van der Waals surface area (Å²) in [4.78, 5) is 19.0. The largest absolute Gasteiger partial charge is 0.493 e. The van der Waals surface area contributed by atoms with Crippen molar-refractivity contribution in [1.82, 2.24) is 4.98 Å². The number of nitrogens with zero attached hydrogens (tertiary/aromatic N) is 2. The van der Waals surface area contributed by atoms with E-state index in [4.69, 9.17) is 9.47 Å². The number of halogens is 1. The quantitative estimate of drug-likeness (QED) is 0.331. The molecule has 0 atom stereocenters. The number of aryl methyl sites for hydroxylation is 1.